The van der Waals surface area contributed by atoms with Gasteiger partial charge in [0.1, 0.15) is 0 Å². The van der Waals surface area contributed by atoms with Crippen LogP contribution in [0.3, 0.4) is 0 Å². The van der Waals surface area contributed by atoms with Gasteiger partial charge < -0.3 is 16.0 Å². The number of benzene rings is 1. The highest BCUT2D eigenvalue weighted by Gasteiger charge is 2.42. The zero-order chi connectivity index (χ0) is 17.6. The molecule has 1 aromatic carbocycles. The maximum Gasteiger partial charge on any atom is 0.315 e. The zero-order valence-electron chi connectivity index (χ0n) is 14.1. The average Bonchev–Trinajstić information content (AvgIpc) is 3.13. The third-order valence-electron chi connectivity index (χ3n) is 4.73. The molecule has 0 unspecified atom stereocenters. The fourth-order valence-corrected chi connectivity index (χ4v) is 5.03. The molecular formula is C18H24ClN3O2S. The van der Waals surface area contributed by atoms with Crippen molar-refractivity contribution in [2.24, 2.45) is 0 Å². The molecule has 3 N–H and O–H groups in total. The van der Waals surface area contributed by atoms with Crippen molar-refractivity contribution in [2.45, 2.75) is 49.4 Å². The number of hydrogen-bond acceptors (Lipinski definition) is 3. The molecule has 1 aromatic rings. The number of halogens is 1. The number of carbonyl (C=O) groups is 2. The molecule has 2 heterocycles. The third kappa shape index (κ3) is 5.28. The molecule has 2 aliphatic heterocycles. The normalized spacial score (nSPS) is 24.5. The number of thioether (sulfide) groups is 1. The van der Waals surface area contributed by atoms with Crippen LogP contribution in [-0.4, -0.2) is 41.6 Å². The van der Waals surface area contributed by atoms with Crippen LogP contribution in [0.15, 0.2) is 24.3 Å². The number of urea groups is 1. The van der Waals surface area contributed by atoms with Gasteiger partial charge in [-0.25, -0.2) is 4.79 Å². The van der Waals surface area contributed by atoms with E-state index < -0.39 is 0 Å². The summed E-state index contributed by atoms with van der Waals surface area (Å²) in [6.07, 6.45) is 4.34. The second-order valence-electron chi connectivity index (χ2n) is 6.59. The molecule has 25 heavy (non-hydrogen) atoms. The Morgan fingerprint density at radius 2 is 2.04 bits per heavy atom. The lowest BCUT2D eigenvalue weighted by atomic mass is 10.0. The Balaban J connectivity index is 1.26. The lowest BCUT2D eigenvalue weighted by molar-refractivity contribution is -0.121. The molecule has 3 atom stereocenters. The first kappa shape index (κ1) is 18.4. The van der Waals surface area contributed by atoms with Crippen molar-refractivity contribution in [3.05, 3.63) is 34.9 Å². The lowest BCUT2D eigenvalue weighted by Crippen LogP contribution is -2.36. The van der Waals surface area contributed by atoms with E-state index in [1.165, 1.54) is 5.56 Å². The van der Waals surface area contributed by atoms with Gasteiger partial charge in [-0.2, -0.15) is 11.8 Å². The molecule has 3 amide bonds. The summed E-state index contributed by atoms with van der Waals surface area (Å²) in [6, 6.07) is 8.19. The Bertz CT molecular complexity index is 611. The molecule has 0 aliphatic carbocycles. The van der Waals surface area contributed by atoms with E-state index in [-0.39, 0.29) is 24.0 Å². The van der Waals surface area contributed by atoms with Crippen LogP contribution in [0.2, 0.25) is 5.02 Å². The summed E-state index contributed by atoms with van der Waals surface area (Å²) >= 11 is 7.78. The fraction of sp³-hybridized carbons (Fsp3) is 0.556. The summed E-state index contributed by atoms with van der Waals surface area (Å²) in [5.74, 6) is 1.10. The summed E-state index contributed by atoms with van der Waals surface area (Å²) in [5.41, 5.74) is 1.17. The molecule has 0 bridgehead atoms. The highest BCUT2D eigenvalue weighted by Crippen LogP contribution is 2.33. The van der Waals surface area contributed by atoms with Gasteiger partial charge in [0, 0.05) is 29.0 Å². The largest absolute Gasteiger partial charge is 0.356 e. The highest BCUT2D eigenvalue weighted by atomic mass is 35.5. The molecule has 3 rings (SSSR count). The van der Waals surface area contributed by atoms with Gasteiger partial charge in [0.25, 0.3) is 0 Å². The van der Waals surface area contributed by atoms with Crippen LogP contribution < -0.4 is 16.0 Å². The van der Waals surface area contributed by atoms with Crippen molar-refractivity contribution in [3.8, 4) is 0 Å². The minimum absolute atomic E-state index is 0.0413. The van der Waals surface area contributed by atoms with E-state index in [0.29, 0.717) is 18.2 Å². The predicted octanol–water partition coefficient (Wildman–Crippen LogP) is 2.72. The first-order chi connectivity index (χ1) is 12.1. The van der Waals surface area contributed by atoms with Crippen molar-refractivity contribution in [2.75, 3.05) is 12.3 Å². The molecule has 5 nitrogen and oxygen atoms in total. The number of amides is 3. The van der Waals surface area contributed by atoms with Crippen molar-refractivity contribution >= 4 is 35.3 Å². The van der Waals surface area contributed by atoms with Gasteiger partial charge >= 0.3 is 6.03 Å². The summed E-state index contributed by atoms with van der Waals surface area (Å²) in [4.78, 5) is 23.3. The molecule has 0 spiro atoms. The Morgan fingerprint density at radius 3 is 2.84 bits per heavy atom. The monoisotopic (exact) mass is 381 g/mol. The van der Waals surface area contributed by atoms with Crippen molar-refractivity contribution in [1.29, 1.82) is 0 Å². The van der Waals surface area contributed by atoms with Gasteiger partial charge in [0.2, 0.25) is 5.91 Å². The second-order valence-corrected chi connectivity index (χ2v) is 8.30. The lowest BCUT2D eigenvalue weighted by Gasteiger charge is -2.16. The zero-order valence-corrected chi connectivity index (χ0v) is 15.7. The summed E-state index contributed by atoms with van der Waals surface area (Å²) in [7, 11) is 0. The van der Waals surface area contributed by atoms with E-state index in [4.69, 9.17) is 11.6 Å². The van der Waals surface area contributed by atoms with Crippen LogP contribution >= 0.6 is 23.4 Å². The number of hydrogen-bond donors (Lipinski definition) is 3. The van der Waals surface area contributed by atoms with Crippen LogP contribution in [-0.2, 0) is 11.2 Å². The van der Waals surface area contributed by atoms with Crippen LogP contribution in [0.4, 0.5) is 4.79 Å². The Kier molecular flexibility index (Phi) is 6.48. The second kappa shape index (κ2) is 8.81. The molecule has 0 radical (unpaired) electrons. The minimum atomic E-state index is -0.0413. The first-order valence-corrected chi connectivity index (χ1v) is 10.2. The topological polar surface area (TPSA) is 70.2 Å². The molecule has 2 aliphatic rings. The number of unbranched alkanes of at least 4 members (excludes halogenated alkanes) is 1. The van der Waals surface area contributed by atoms with Crippen LogP contribution in [0.5, 0.6) is 0 Å². The van der Waals surface area contributed by atoms with Crippen molar-refractivity contribution in [1.82, 2.24) is 16.0 Å². The molecule has 0 aromatic heterocycles. The maximum atomic E-state index is 11.9. The van der Waals surface area contributed by atoms with E-state index in [2.05, 4.69) is 16.0 Å². The Morgan fingerprint density at radius 1 is 1.24 bits per heavy atom. The predicted molar refractivity (Wildman–Crippen MR) is 102 cm³/mol. The van der Waals surface area contributed by atoms with E-state index in [9.17, 15) is 9.59 Å². The molecule has 2 fully saturated rings. The summed E-state index contributed by atoms with van der Waals surface area (Å²) in [6.45, 7) is 0.653. The smallest absolute Gasteiger partial charge is 0.315 e. The average molecular weight is 382 g/mol. The van der Waals surface area contributed by atoms with Crippen LogP contribution in [0.25, 0.3) is 0 Å². The SMILES string of the molecule is O=C(CCCC[C@@H]1SC[C@@H]2NC(=O)N[C@@H]21)NCCc1ccc(Cl)cc1. The molecule has 0 saturated carbocycles. The van der Waals surface area contributed by atoms with Gasteiger partial charge in [-0.05, 0) is 37.0 Å². The summed E-state index contributed by atoms with van der Waals surface area (Å²) < 4.78 is 0. The number of fused-ring (bicyclic) bond motifs is 1. The highest BCUT2D eigenvalue weighted by molar-refractivity contribution is 8.00. The van der Waals surface area contributed by atoms with Crippen LogP contribution in [0, 0.1) is 0 Å². The van der Waals surface area contributed by atoms with Crippen LogP contribution in [0.1, 0.15) is 31.2 Å². The number of rotatable bonds is 8. The molecular weight excluding hydrogens is 358 g/mol. The standard InChI is InChI=1S/C18H24ClN3O2S/c19-13-7-5-12(6-8-13)9-10-20-16(23)4-2-1-3-15-17-14(11-25-15)21-18(24)22-17/h5-8,14-15,17H,1-4,9-11H2,(H,20,23)(H2,21,22,24)/t14-,15-,17-/m0/s1. The quantitative estimate of drug-likeness (QED) is 0.479. The van der Waals surface area contributed by atoms with E-state index in [1.807, 2.05) is 36.0 Å². The maximum absolute atomic E-state index is 11.9. The third-order valence-corrected chi connectivity index (χ3v) is 6.49. The van der Waals surface area contributed by atoms with Gasteiger partial charge in [0.15, 0.2) is 0 Å². The van der Waals surface area contributed by atoms with Gasteiger partial charge in [-0.1, -0.05) is 30.2 Å². The molecule has 2 saturated heterocycles. The molecule has 7 heteroatoms. The Labute approximate surface area is 157 Å². The molecule has 136 valence electrons. The number of nitrogens with one attached hydrogen (secondary N) is 3. The van der Waals surface area contributed by atoms with E-state index in [1.54, 1.807) is 0 Å². The summed E-state index contributed by atoms with van der Waals surface area (Å²) in [5, 5.41) is 10.1. The van der Waals surface area contributed by atoms with Crippen molar-refractivity contribution < 1.29 is 9.59 Å². The van der Waals surface area contributed by atoms with Gasteiger partial charge in [0.05, 0.1) is 12.1 Å². The van der Waals surface area contributed by atoms with Gasteiger partial charge in [-0.3, -0.25) is 4.79 Å². The Hall–Kier alpha value is -1.40. The van der Waals surface area contributed by atoms with Gasteiger partial charge in [-0.15, -0.1) is 0 Å². The fourth-order valence-electron chi connectivity index (χ4n) is 3.36. The number of carbonyl (C=O) groups excluding carboxylic acids is 2. The van der Waals surface area contributed by atoms with E-state index in [0.717, 1.165) is 36.5 Å². The van der Waals surface area contributed by atoms with Crippen molar-refractivity contribution in [3.63, 3.8) is 0 Å². The minimum Gasteiger partial charge on any atom is -0.356 e. The van der Waals surface area contributed by atoms with E-state index >= 15 is 0 Å². The first-order valence-electron chi connectivity index (χ1n) is 8.81.